The van der Waals surface area contributed by atoms with E-state index in [1.54, 1.807) is 24.4 Å². The molecule has 7 nitrogen and oxygen atoms in total. The molecular formula is C26H25FN6OS. The molecule has 1 aliphatic carbocycles. The van der Waals surface area contributed by atoms with Crippen molar-refractivity contribution in [2.24, 2.45) is 0 Å². The van der Waals surface area contributed by atoms with E-state index in [0.29, 0.717) is 41.3 Å². The summed E-state index contributed by atoms with van der Waals surface area (Å²) in [5.41, 5.74) is 3.91. The fourth-order valence-corrected chi connectivity index (χ4v) is 5.14. The molecular weight excluding hydrogens is 463 g/mol. The van der Waals surface area contributed by atoms with E-state index in [1.165, 1.54) is 28.4 Å². The Hall–Kier alpha value is -3.43. The minimum atomic E-state index is -2.07. The number of imidazole rings is 1. The molecule has 0 radical (unpaired) electrons. The van der Waals surface area contributed by atoms with E-state index in [2.05, 4.69) is 24.8 Å². The number of carbonyl (C=O) groups excluding carboxylic acids is 1. The first-order valence-corrected chi connectivity index (χ1v) is 12.5. The number of nitrogens with zero attached hydrogens (tertiary/aromatic N) is 5. The predicted octanol–water partition coefficient (Wildman–Crippen LogP) is 5.21. The van der Waals surface area contributed by atoms with Crippen LogP contribution < -0.4 is 5.32 Å². The SMILES string of the molecule is [2H]C([2H])([2H])N1CC(c2ccc(NC(=O)c3nc(-c4c(-c5ccc(F)cc5)ncn4C4CCC4)cs3)nc2)C1. The summed E-state index contributed by atoms with van der Waals surface area (Å²) in [7, 11) is 0. The lowest BCUT2D eigenvalue weighted by Crippen LogP contribution is -2.41. The van der Waals surface area contributed by atoms with Gasteiger partial charge in [0.2, 0.25) is 0 Å². The van der Waals surface area contributed by atoms with Crippen LogP contribution in [0.25, 0.3) is 22.6 Å². The van der Waals surface area contributed by atoms with Crippen molar-refractivity contribution < 1.29 is 13.3 Å². The number of likely N-dealkylation sites (tertiary alicyclic amines) is 1. The molecule has 35 heavy (non-hydrogen) atoms. The number of aromatic nitrogens is 4. The van der Waals surface area contributed by atoms with E-state index in [1.807, 2.05) is 17.8 Å². The summed E-state index contributed by atoms with van der Waals surface area (Å²) >= 11 is 1.24. The Morgan fingerprint density at radius 1 is 1.17 bits per heavy atom. The summed E-state index contributed by atoms with van der Waals surface area (Å²) in [5, 5.41) is 4.94. The number of likely N-dealkylation sites (N-methyl/N-ethyl adjacent to an activating group) is 1. The monoisotopic (exact) mass is 491 g/mol. The van der Waals surface area contributed by atoms with Crippen LogP contribution in [0.5, 0.6) is 0 Å². The third-order valence-corrected chi connectivity index (χ3v) is 7.54. The fraction of sp³-hybridized carbons (Fsp3) is 0.308. The zero-order chi connectivity index (χ0) is 26.4. The largest absolute Gasteiger partial charge is 0.326 e. The number of halogens is 1. The van der Waals surface area contributed by atoms with Crippen molar-refractivity contribution >= 4 is 23.1 Å². The average Bonchev–Trinajstić information content (AvgIpc) is 3.45. The molecule has 0 spiro atoms. The van der Waals surface area contributed by atoms with Gasteiger partial charge in [0, 0.05) is 46.3 Å². The summed E-state index contributed by atoms with van der Waals surface area (Å²) in [5.74, 6) is -0.163. The topological polar surface area (TPSA) is 75.9 Å². The summed E-state index contributed by atoms with van der Waals surface area (Å²) in [6, 6.07) is 10.1. The van der Waals surface area contributed by atoms with Crippen molar-refractivity contribution in [1.82, 2.24) is 24.4 Å². The molecule has 178 valence electrons. The number of carbonyl (C=O) groups is 1. The van der Waals surface area contributed by atoms with E-state index in [0.717, 1.165) is 36.1 Å². The Kier molecular flexibility index (Phi) is 4.83. The number of anilines is 1. The first kappa shape index (κ1) is 18.8. The van der Waals surface area contributed by atoms with Crippen molar-refractivity contribution in [3.8, 4) is 22.6 Å². The summed E-state index contributed by atoms with van der Waals surface area (Å²) < 4.78 is 38.0. The molecule has 4 aromatic rings. The molecule has 0 unspecified atom stereocenters. The fourth-order valence-electron chi connectivity index (χ4n) is 4.44. The van der Waals surface area contributed by atoms with Gasteiger partial charge < -0.3 is 14.8 Å². The van der Waals surface area contributed by atoms with Crippen molar-refractivity contribution in [2.75, 3.05) is 25.4 Å². The third kappa shape index (κ3) is 4.26. The first-order valence-electron chi connectivity index (χ1n) is 13.1. The highest BCUT2D eigenvalue weighted by atomic mass is 32.1. The number of benzene rings is 1. The van der Waals surface area contributed by atoms with Crippen LogP contribution in [-0.2, 0) is 0 Å². The Morgan fingerprint density at radius 3 is 2.69 bits per heavy atom. The third-order valence-electron chi connectivity index (χ3n) is 6.70. The highest BCUT2D eigenvalue weighted by molar-refractivity contribution is 7.12. The molecule has 4 heterocycles. The van der Waals surface area contributed by atoms with Gasteiger partial charge in [-0.1, -0.05) is 6.07 Å². The van der Waals surface area contributed by atoms with Gasteiger partial charge in [-0.25, -0.2) is 19.3 Å². The van der Waals surface area contributed by atoms with E-state index in [9.17, 15) is 9.18 Å². The number of hydrogen-bond acceptors (Lipinski definition) is 6. The van der Waals surface area contributed by atoms with Gasteiger partial charge >= 0.3 is 0 Å². The van der Waals surface area contributed by atoms with Crippen LogP contribution in [0, 0.1) is 5.82 Å². The highest BCUT2D eigenvalue weighted by Crippen LogP contribution is 2.40. The lowest BCUT2D eigenvalue weighted by molar-refractivity contribution is 0.102. The number of pyridine rings is 1. The maximum Gasteiger partial charge on any atom is 0.285 e. The molecule has 1 amide bonds. The van der Waals surface area contributed by atoms with Gasteiger partial charge in [-0.3, -0.25) is 4.79 Å². The highest BCUT2D eigenvalue weighted by Gasteiger charge is 2.27. The molecule has 6 rings (SSSR count). The summed E-state index contributed by atoms with van der Waals surface area (Å²) in [4.78, 5) is 28.0. The van der Waals surface area contributed by atoms with Crippen LogP contribution in [0.4, 0.5) is 10.2 Å². The van der Waals surface area contributed by atoms with Crippen LogP contribution in [0.1, 0.15) is 50.7 Å². The molecule has 2 fully saturated rings. The summed E-state index contributed by atoms with van der Waals surface area (Å²) in [6.07, 6.45) is 6.75. The lowest BCUT2D eigenvalue weighted by Gasteiger charge is -2.36. The zero-order valence-electron chi connectivity index (χ0n) is 21.8. The van der Waals surface area contributed by atoms with Gasteiger partial charge in [-0.05, 0) is 62.1 Å². The molecule has 9 heteroatoms. The molecule has 1 N–H and O–H groups in total. The van der Waals surface area contributed by atoms with Gasteiger partial charge in [0.25, 0.3) is 5.91 Å². The number of amides is 1. The van der Waals surface area contributed by atoms with Crippen LogP contribution in [-0.4, -0.2) is 50.4 Å². The van der Waals surface area contributed by atoms with Crippen LogP contribution in [0.15, 0.2) is 54.3 Å². The maximum absolute atomic E-state index is 13.5. The Morgan fingerprint density at radius 2 is 2.00 bits per heavy atom. The first-order chi connectivity index (χ1) is 18.3. The van der Waals surface area contributed by atoms with Crippen LogP contribution in [0.3, 0.4) is 0 Å². The molecule has 0 atom stereocenters. The minimum absolute atomic E-state index is 0.116. The maximum atomic E-state index is 13.5. The molecule has 1 aliphatic heterocycles. The Bertz CT molecular complexity index is 1460. The normalized spacial score (nSPS) is 18.3. The lowest BCUT2D eigenvalue weighted by atomic mass is 9.92. The van der Waals surface area contributed by atoms with Crippen LogP contribution in [0.2, 0.25) is 0 Å². The zero-order valence-corrected chi connectivity index (χ0v) is 19.6. The van der Waals surface area contributed by atoms with Crippen molar-refractivity contribution in [3.05, 3.63) is 70.7 Å². The molecule has 1 aromatic carbocycles. The van der Waals surface area contributed by atoms with Gasteiger partial charge in [-0.15, -0.1) is 11.3 Å². The van der Waals surface area contributed by atoms with Crippen molar-refractivity contribution in [3.63, 3.8) is 0 Å². The number of hydrogen-bond donors (Lipinski definition) is 1. The molecule has 1 saturated carbocycles. The van der Waals surface area contributed by atoms with Gasteiger partial charge in [-0.2, -0.15) is 0 Å². The van der Waals surface area contributed by atoms with Gasteiger partial charge in [0.15, 0.2) is 5.01 Å². The summed E-state index contributed by atoms with van der Waals surface area (Å²) in [6.45, 7) is -1.15. The number of thiazole rings is 1. The standard InChI is InChI=1S/C26H25FN6OS/c1-32-12-18(13-32)17-7-10-22(28-11-17)31-25(34)26-30-21(14-35-26)24-23(16-5-8-19(27)9-6-16)29-15-33(24)20-3-2-4-20/h5-11,14-15,18,20H,2-4,12-13H2,1H3,(H,28,31,34)/i1D3. The Labute approximate surface area is 210 Å². The second-order valence-electron chi connectivity index (χ2n) is 9.01. The van der Waals surface area contributed by atoms with Crippen LogP contribution >= 0.6 is 11.3 Å². The number of rotatable bonds is 6. The second-order valence-corrected chi connectivity index (χ2v) is 9.87. The van der Waals surface area contributed by atoms with Gasteiger partial charge in [0.05, 0.1) is 17.7 Å². The molecule has 2 aliphatic rings. The second kappa shape index (κ2) is 8.98. The quantitative estimate of drug-likeness (QED) is 0.401. The predicted molar refractivity (Wildman–Crippen MR) is 134 cm³/mol. The average molecular weight is 492 g/mol. The smallest absolute Gasteiger partial charge is 0.285 e. The van der Waals surface area contributed by atoms with E-state index in [-0.39, 0.29) is 17.6 Å². The molecule has 3 aromatic heterocycles. The molecule has 1 saturated heterocycles. The molecule has 0 bridgehead atoms. The van der Waals surface area contributed by atoms with Gasteiger partial charge in [0.1, 0.15) is 17.3 Å². The van der Waals surface area contributed by atoms with E-state index in [4.69, 9.17) is 4.11 Å². The van der Waals surface area contributed by atoms with Crippen molar-refractivity contribution in [1.29, 1.82) is 0 Å². The Balaban J connectivity index is 1.19. The van der Waals surface area contributed by atoms with E-state index >= 15 is 0 Å². The number of nitrogens with one attached hydrogen (secondary N) is 1. The van der Waals surface area contributed by atoms with E-state index < -0.39 is 6.98 Å². The minimum Gasteiger partial charge on any atom is -0.326 e. The van der Waals surface area contributed by atoms with Crippen molar-refractivity contribution in [2.45, 2.75) is 31.2 Å².